The highest BCUT2D eigenvalue weighted by atomic mass is 35.5. The second kappa shape index (κ2) is 8.04. The number of hydrogen-bond donors (Lipinski definition) is 1. The van der Waals surface area contributed by atoms with Crippen LogP contribution in [-0.2, 0) is 13.1 Å². The van der Waals surface area contributed by atoms with Crippen LogP contribution in [0.2, 0.25) is 0 Å². The first kappa shape index (κ1) is 18.1. The monoisotopic (exact) mass is 348 g/mol. The van der Waals surface area contributed by atoms with E-state index in [-0.39, 0.29) is 25.1 Å². The molecule has 0 atom stereocenters. The quantitative estimate of drug-likeness (QED) is 0.902. The molecule has 2 aromatic carbocycles. The van der Waals surface area contributed by atoms with E-state index in [2.05, 4.69) is 0 Å². The van der Waals surface area contributed by atoms with Gasteiger partial charge in [0.15, 0.2) is 11.5 Å². The molecule has 0 fully saturated rings. The van der Waals surface area contributed by atoms with Crippen LogP contribution in [-0.4, -0.2) is 24.1 Å². The molecule has 0 aromatic heterocycles. The van der Waals surface area contributed by atoms with E-state index in [0.717, 1.165) is 22.6 Å². The van der Waals surface area contributed by atoms with Crippen molar-refractivity contribution < 1.29 is 14.3 Å². The zero-order valence-electron chi connectivity index (χ0n) is 13.5. The number of hydrogen-bond acceptors (Lipinski definition) is 4. The number of ether oxygens (including phenoxy) is 2. The topological polar surface area (TPSA) is 64.8 Å². The van der Waals surface area contributed by atoms with Gasteiger partial charge in [0.05, 0.1) is 0 Å². The SMILES string of the molecule is CCN(Cc1ccc2c(c1)OCO2)C(=O)c1ccc(CN)cc1.Cl. The van der Waals surface area contributed by atoms with E-state index in [4.69, 9.17) is 15.2 Å². The summed E-state index contributed by atoms with van der Waals surface area (Å²) < 4.78 is 10.7. The summed E-state index contributed by atoms with van der Waals surface area (Å²) in [6.45, 7) is 3.86. The summed E-state index contributed by atoms with van der Waals surface area (Å²) >= 11 is 0. The number of carbonyl (C=O) groups excluding carboxylic acids is 1. The van der Waals surface area contributed by atoms with Crippen LogP contribution >= 0.6 is 12.4 Å². The van der Waals surface area contributed by atoms with Crippen LogP contribution in [0, 0.1) is 0 Å². The van der Waals surface area contributed by atoms with Gasteiger partial charge in [-0.1, -0.05) is 18.2 Å². The second-order valence-electron chi connectivity index (χ2n) is 5.41. The molecule has 0 aliphatic carbocycles. The van der Waals surface area contributed by atoms with Crippen molar-refractivity contribution in [2.45, 2.75) is 20.0 Å². The van der Waals surface area contributed by atoms with E-state index in [0.29, 0.717) is 25.2 Å². The first-order valence-corrected chi connectivity index (χ1v) is 7.68. The van der Waals surface area contributed by atoms with Gasteiger partial charge in [0.2, 0.25) is 6.79 Å². The van der Waals surface area contributed by atoms with E-state index >= 15 is 0 Å². The maximum Gasteiger partial charge on any atom is 0.254 e. The van der Waals surface area contributed by atoms with Crippen molar-refractivity contribution >= 4 is 18.3 Å². The van der Waals surface area contributed by atoms with E-state index in [1.807, 2.05) is 49.4 Å². The standard InChI is InChI=1S/C18H20N2O3.ClH/c1-2-20(18(21)15-6-3-13(10-19)4-7-15)11-14-5-8-16-17(9-14)23-12-22-16;/h3-9H,2,10-12,19H2,1H3;1H. The van der Waals surface area contributed by atoms with Crippen molar-refractivity contribution in [3.63, 3.8) is 0 Å². The lowest BCUT2D eigenvalue weighted by molar-refractivity contribution is 0.0752. The molecule has 1 heterocycles. The number of amides is 1. The van der Waals surface area contributed by atoms with E-state index in [1.54, 1.807) is 4.90 Å². The summed E-state index contributed by atoms with van der Waals surface area (Å²) in [5.74, 6) is 1.49. The Morgan fingerprint density at radius 3 is 2.42 bits per heavy atom. The number of fused-ring (bicyclic) bond motifs is 1. The smallest absolute Gasteiger partial charge is 0.254 e. The third kappa shape index (κ3) is 3.80. The number of nitrogens with zero attached hydrogens (tertiary/aromatic N) is 1. The predicted octanol–water partition coefficient (Wildman–Crippen LogP) is 2.96. The van der Waals surface area contributed by atoms with Gasteiger partial charge in [-0.05, 0) is 42.3 Å². The molecule has 2 aromatic rings. The first-order valence-electron chi connectivity index (χ1n) is 7.68. The van der Waals surface area contributed by atoms with Gasteiger partial charge in [-0.25, -0.2) is 0 Å². The normalized spacial score (nSPS) is 11.8. The van der Waals surface area contributed by atoms with Crippen molar-refractivity contribution in [1.29, 1.82) is 0 Å². The molecule has 1 aliphatic rings. The number of benzene rings is 2. The predicted molar refractivity (Wildman–Crippen MR) is 94.6 cm³/mol. The van der Waals surface area contributed by atoms with Crippen molar-refractivity contribution in [3.05, 3.63) is 59.2 Å². The minimum Gasteiger partial charge on any atom is -0.454 e. The first-order chi connectivity index (χ1) is 11.2. The Hall–Kier alpha value is -2.24. The molecular formula is C18H21ClN2O3. The van der Waals surface area contributed by atoms with Crippen molar-refractivity contribution in [2.75, 3.05) is 13.3 Å². The lowest BCUT2D eigenvalue weighted by Crippen LogP contribution is -2.30. The molecule has 1 amide bonds. The fourth-order valence-electron chi connectivity index (χ4n) is 2.55. The molecule has 3 rings (SSSR count). The number of carbonyl (C=O) groups is 1. The summed E-state index contributed by atoms with van der Waals surface area (Å²) in [4.78, 5) is 14.5. The van der Waals surface area contributed by atoms with Gasteiger partial charge in [0.1, 0.15) is 0 Å². The summed E-state index contributed by atoms with van der Waals surface area (Å²) in [5.41, 5.74) is 8.29. The largest absolute Gasteiger partial charge is 0.454 e. The highest BCUT2D eigenvalue weighted by Gasteiger charge is 2.17. The molecule has 24 heavy (non-hydrogen) atoms. The average Bonchev–Trinajstić information content (AvgIpc) is 3.07. The highest BCUT2D eigenvalue weighted by Crippen LogP contribution is 2.32. The number of nitrogens with two attached hydrogens (primary N) is 1. The Bertz CT molecular complexity index is 704. The Balaban J connectivity index is 0.00000208. The van der Waals surface area contributed by atoms with Crippen LogP contribution in [0.3, 0.4) is 0 Å². The maximum absolute atomic E-state index is 12.7. The van der Waals surface area contributed by atoms with Crippen LogP contribution in [0.1, 0.15) is 28.4 Å². The zero-order valence-corrected chi connectivity index (χ0v) is 14.3. The van der Waals surface area contributed by atoms with Crippen molar-refractivity contribution in [3.8, 4) is 11.5 Å². The van der Waals surface area contributed by atoms with Crippen LogP contribution < -0.4 is 15.2 Å². The third-order valence-electron chi connectivity index (χ3n) is 3.92. The van der Waals surface area contributed by atoms with Gasteiger partial charge in [0, 0.05) is 25.2 Å². The number of halogens is 1. The summed E-state index contributed by atoms with van der Waals surface area (Å²) in [6.07, 6.45) is 0. The molecule has 0 spiro atoms. The fourth-order valence-corrected chi connectivity index (χ4v) is 2.55. The zero-order chi connectivity index (χ0) is 16.2. The van der Waals surface area contributed by atoms with Gasteiger partial charge in [-0.3, -0.25) is 4.79 Å². The Kier molecular flexibility index (Phi) is 6.06. The van der Waals surface area contributed by atoms with Gasteiger partial charge in [-0.2, -0.15) is 0 Å². The molecule has 2 N–H and O–H groups in total. The molecule has 1 aliphatic heterocycles. The van der Waals surface area contributed by atoms with Gasteiger partial charge in [0.25, 0.3) is 5.91 Å². The van der Waals surface area contributed by atoms with E-state index in [9.17, 15) is 4.79 Å². The molecule has 0 saturated heterocycles. The van der Waals surface area contributed by atoms with Crippen LogP contribution in [0.25, 0.3) is 0 Å². The van der Waals surface area contributed by atoms with Crippen LogP contribution in [0.5, 0.6) is 11.5 Å². The van der Waals surface area contributed by atoms with Gasteiger partial charge < -0.3 is 20.1 Å². The second-order valence-corrected chi connectivity index (χ2v) is 5.41. The molecular weight excluding hydrogens is 328 g/mol. The molecule has 0 unspecified atom stereocenters. The Morgan fingerprint density at radius 2 is 1.75 bits per heavy atom. The molecule has 128 valence electrons. The third-order valence-corrected chi connectivity index (χ3v) is 3.92. The fraction of sp³-hybridized carbons (Fsp3) is 0.278. The van der Waals surface area contributed by atoms with Crippen molar-refractivity contribution in [2.24, 2.45) is 5.73 Å². The molecule has 0 saturated carbocycles. The van der Waals surface area contributed by atoms with E-state index < -0.39 is 0 Å². The van der Waals surface area contributed by atoms with E-state index in [1.165, 1.54) is 0 Å². The minimum absolute atomic E-state index is 0. The Morgan fingerprint density at radius 1 is 1.08 bits per heavy atom. The van der Waals surface area contributed by atoms with Gasteiger partial charge >= 0.3 is 0 Å². The molecule has 5 nitrogen and oxygen atoms in total. The lowest BCUT2D eigenvalue weighted by atomic mass is 10.1. The summed E-state index contributed by atoms with van der Waals surface area (Å²) in [7, 11) is 0. The molecule has 0 radical (unpaired) electrons. The molecule has 0 bridgehead atoms. The highest BCUT2D eigenvalue weighted by molar-refractivity contribution is 5.94. The summed E-state index contributed by atoms with van der Waals surface area (Å²) in [5, 5.41) is 0. The summed E-state index contributed by atoms with van der Waals surface area (Å²) in [6, 6.07) is 13.2. The Labute approximate surface area is 147 Å². The van der Waals surface area contributed by atoms with Gasteiger partial charge in [-0.15, -0.1) is 12.4 Å². The lowest BCUT2D eigenvalue weighted by Gasteiger charge is -2.21. The van der Waals surface area contributed by atoms with Crippen molar-refractivity contribution in [1.82, 2.24) is 4.90 Å². The maximum atomic E-state index is 12.7. The van der Waals surface area contributed by atoms with Crippen LogP contribution in [0.4, 0.5) is 0 Å². The minimum atomic E-state index is 0. The van der Waals surface area contributed by atoms with Crippen LogP contribution in [0.15, 0.2) is 42.5 Å². The molecule has 6 heteroatoms. The average molecular weight is 349 g/mol. The number of rotatable bonds is 5.